The van der Waals surface area contributed by atoms with E-state index in [4.69, 9.17) is 0 Å². The van der Waals surface area contributed by atoms with E-state index in [1.54, 1.807) is 36.7 Å². The van der Waals surface area contributed by atoms with Crippen molar-refractivity contribution in [3.05, 3.63) is 63.9 Å². The molecule has 116 valence electrons. The fourth-order valence-electron chi connectivity index (χ4n) is 2.17. The summed E-state index contributed by atoms with van der Waals surface area (Å²) >= 11 is 3.34. The molecule has 0 bridgehead atoms. The second-order valence-corrected chi connectivity index (χ2v) is 5.86. The number of anilines is 1. The van der Waals surface area contributed by atoms with Gasteiger partial charge in [0, 0.05) is 23.6 Å². The van der Waals surface area contributed by atoms with Crippen molar-refractivity contribution in [3.8, 4) is 0 Å². The Labute approximate surface area is 140 Å². The first-order valence-corrected chi connectivity index (χ1v) is 7.77. The molecule has 23 heavy (non-hydrogen) atoms. The fourth-order valence-corrected chi connectivity index (χ4v) is 2.53. The van der Waals surface area contributed by atoms with E-state index in [1.807, 2.05) is 6.07 Å². The van der Waals surface area contributed by atoms with Gasteiger partial charge >= 0.3 is 0 Å². The van der Waals surface area contributed by atoms with Crippen LogP contribution < -0.4 is 10.9 Å². The summed E-state index contributed by atoms with van der Waals surface area (Å²) in [5, 5.41) is 3.26. The zero-order chi connectivity index (χ0) is 16.2. The lowest BCUT2D eigenvalue weighted by Gasteiger charge is -2.07. The third kappa shape index (κ3) is 3.62. The molecular formula is C16H13BrN4O2. The van der Waals surface area contributed by atoms with Crippen molar-refractivity contribution >= 4 is 38.4 Å². The lowest BCUT2D eigenvalue weighted by Crippen LogP contribution is -2.23. The van der Waals surface area contributed by atoms with Crippen LogP contribution in [0.2, 0.25) is 0 Å². The van der Waals surface area contributed by atoms with Gasteiger partial charge in [-0.05, 0) is 30.3 Å². The molecule has 7 heteroatoms. The minimum Gasteiger partial charge on any atom is -0.325 e. The molecule has 3 aromatic rings. The maximum absolute atomic E-state index is 12.4. The molecule has 3 rings (SSSR count). The molecule has 6 nitrogen and oxygen atoms in total. The van der Waals surface area contributed by atoms with Gasteiger partial charge in [-0.2, -0.15) is 0 Å². The number of halogens is 1. The third-order valence-electron chi connectivity index (χ3n) is 3.31. The average molecular weight is 373 g/mol. The number of nitrogens with zero attached hydrogens (tertiary/aromatic N) is 3. The monoisotopic (exact) mass is 372 g/mol. The number of aromatic nitrogens is 3. The van der Waals surface area contributed by atoms with Gasteiger partial charge in [-0.25, -0.2) is 4.98 Å². The number of hydrogen-bond donors (Lipinski definition) is 1. The highest BCUT2D eigenvalue weighted by Gasteiger charge is 2.07. The number of benzene rings is 1. The molecule has 0 radical (unpaired) electrons. The van der Waals surface area contributed by atoms with E-state index in [9.17, 15) is 9.59 Å². The Bertz CT molecular complexity index is 909. The van der Waals surface area contributed by atoms with E-state index in [2.05, 4.69) is 31.2 Å². The van der Waals surface area contributed by atoms with Crippen molar-refractivity contribution in [2.75, 3.05) is 5.32 Å². The Morgan fingerprint density at radius 1 is 1.30 bits per heavy atom. The van der Waals surface area contributed by atoms with Crippen LogP contribution in [0.15, 0.2) is 58.3 Å². The number of rotatable bonds is 4. The summed E-state index contributed by atoms with van der Waals surface area (Å²) in [4.78, 5) is 32.5. The van der Waals surface area contributed by atoms with E-state index < -0.39 is 0 Å². The number of carbonyl (C=O) groups is 1. The molecule has 0 aliphatic carbocycles. The summed E-state index contributed by atoms with van der Waals surface area (Å²) in [6.07, 6.45) is 4.85. The highest BCUT2D eigenvalue weighted by atomic mass is 79.9. The molecule has 0 spiro atoms. The number of pyridine rings is 1. The summed E-state index contributed by atoms with van der Waals surface area (Å²) in [7, 11) is 0. The van der Waals surface area contributed by atoms with Gasteiger partial charge in [0.25, 0.3) is 5.56 Å². The summed E-state index contributed by atoms with van der Waals surface area (Å²) in [5.41, 5.74) is 1.10. The van der Waals surface area contributed by atoms with Crippen LogP contribution in [0.4, 0.5) is 5.69 Å². The molecule has 1 aromatic carbocycles. The number of hydrogen-bond acceptors (Lipinski definition) is 4. The van der Waals surface area contributed by atoms with Gasteiger partial charge in [-0.1, -0.05) is 15.9 Å². The SMILES string of the molecule is O=C(CCn1cnc2ccc(Br)cc2c1=O)Nc1cccnc1. The van der Waals surface area contributed by atoms with Crippen LogP contribution in [0.25, 0.3) is 10.9 Å². The van der Waals surface area contributed by atoms with Crippen LogP contribution in [0.5, 0.6) is 0 Å². The van der Waals surface area contributed by atoms with Crippen molar-refractivity contribution in [2.24, 2.45) is 0 Å². The third-order valence-corrected chi connectivity index (χ3v) is 3.80. The Morgan fingerprint density at radius 3 is 2.96 bits per heavy atom. The lowest BCUT2D eigenvalue weighted by atomic mass is 10.2. The average Bonchev–Trinajstić information content (AvgIpc) is 2.56. The van der Waals surface area contributed by atoms with Crippen LogP contribution >= 0.6 is 15.9 Å². The highest BCUT2D eigenvalue weighted by Crippen LogP contribution is 2.14. The minimum atomic E-state index is -0.181. The number of carbonyl (C=O) groups excluding carboxylic acids is 1. The molecule has 1 amide bonds. The second-order valence-electron chi connectivity index (χ2n) is 4.94. The van der Waals surface area contributed by atoms with E-state index in [1.165, 1.54) is 10.9 Å². The number of aryl methyl sites for hydroxylation is 1. The first kappa shape index (κ1) is 15.4. The lowest BCUT2D eigenvalue weighted by molar-refractivity contribution is -0.116. The molecule has 0 aliphatic heterocycles. The summed E-state index contributed by atoms with van der Waals surface area (Å²) in [6.45, 7) is 0.264. The summed E-state index contributed by atoms with van der Waals surface area (Å²) in [5.74, 6) is -0.181. The van der Waals surface area contributed by atoms with Crippen LogP contribution in [0.1, 0.15) is 6.42 Å². The summed E-state index contributed by atoms with van der Waals surface area (Å²) < 4.78 is 2.26. The molecule has 1 N–H and O–H groups in total. The predicted molar refractivity (Wildman–Crippen MR) is 91.2 cm³/mol. The molecule has 2 heterocycles. The van der Waals surface area contributed by atoms with Gasteiger partial charge < -0.3 is 5.32 Å². The first-order chi connectivity index (χ1) is 11.1. The molecule has 0 aliphatic rings. The predicted octanol–water partition coefficient (Wildman–Crippen LogP) is 2.58. The molecule has 0 unspecified atom stereocenters. The first-order valence-electron chi connectivity index (χ1n) is 6.98. The quantitative estimate of drug-likeness (QED) is 0.763. The highest BCUT2D eigenvalue weighted by molar-refractivity contribution is 9.10. The maximum atomic E-state index is 12.4. The van der Waals surface area contributed by atoms with Gasteiger partial charge in [0.1, 0.15) is 0 Å². The fraction of sp³-hybridized carbons (Fsp3) is 0.125. The Morgan fingerprint density at radius 2 is 2.17 bits per heavy atom. The van der Waals surface area contributed by atoms with Crippen LogP contribution in [-0.2, 0) is 11.3 Å². The van der Waals surface area contributed by atoms with Crippen molar-refractivity contribution in [2.45, 2.75) is 13.0 Å². The molecule has 0 saturated carbocycles. The standard InChI is InChI=1S/C16H13BrN4O2/c17-11-3-4-14-13(8-11)16(23)21(10-19-14)7-5-15(22)20-12-2-1-6-18-9-12/h1-4,6,8-10H,5,7H2,(H,20,22). The Kier molecular flexibility index (Phi) is 4.47. The molecule has 0 fully saturated rings. The summed E-state index contributed by atoms with van der Waals surface area (Å²) in [6, 6.07) is 8.84. The van der Waals surface area contributed by atoms with Crippen LogP contribution in [0, 0.1) is 0 Å². The Hall–Kier alpha value is -2.54. The van der Waals surface area contributed by atoms with Gasteiger partial charge in [0.15, 0.2) is 0 Å². The van der Waals surface area contributed by atoms with Crippen molar-refractivity contribution in [1.82, 2.24) is 14.5 Å². The van der Waals surface area contributed by atoms with Gasteiger partial charge in [-0.3, -0.25) is 19.1 Å². The topological polar surface area (TPSA) is 76.9 Å². The largest absolute Gasteiger partial charge is 0.325 e. The zero-order valence-corrected chi connectivity index (χ0v) is 13.7. The number of nitrogens with one attached hydrogen (secondary N) is 1. The second kappa shape index (κ2) is 6.70. The molecule has 0 saturated heterocycles. The molecular weight excluding hydrogens is 360 g/mol. The minimum absolute atomic E-state index is 0.162. The van der Waals surface area contributed by atoms with Gasteiger partial charge in [0.05, 0.1) is 29.1 Å². The molecule has 2 aromatic heterocycles. The smallest absolute Gasteiger partial charge is 0.261 e. The van der Waals surface area contributed by atoms with Crippen LogP contribution in [0.3, 0.4) is 0 Å². The van der Waals surface area contributed by atoms with Crippen molar-refractivity contribution < 1.29 is 4.79 Å². The van der Waals surface area contributed by atoms with E-state index in [-0.39, 0.29) is 24.4 Å². The number of amides is 1. The van der Waals surface area contributed by atoms with Crippen LogP contribution in [-0.4, -0.2) is 20.4 Å². The number of fused-ring (bicyclic) bond motifs is 1. The zero-order valence-electron chi connectivity index (χ0n) is 12.1. The normalized spacial score (nSPS) is 10.7. The Balaban J connectivity index is 1.73. The van der Waals surface area contributed by atoms with Gasteiger partial charge in [0.2, 0.25) is 5.91 Å². The van der Waals surface area contributed by atoms with Crippen molar-refractivity contribution in [1.29, 1.82) is 0 Å². The molecule has 0 atom stereocenters. The maximum Gasteiger partial charge on any atom is 0.261 e. The van der Waals surface area contributed by atoms with Crippen molar-refractivity contribution in [3.63, 3.8) is 0 Å². The van der Waals surface area contributed by atoms with E-state index in [0.717, 1.165) is 4.47 Å². The van der Waals surface area contributed by atoms with Gasteiger partial charge in [-0.15, -0.1) is 0 Å². The van der Waals surface area contributed by atoms with E-state index >= 15 is 0 Å². The van der Waals surface area contributed by atoms with E-state index in [0.29, 0.717) is 16.6 Å².